The molecule has 0 aromatic rings. The van der Waals surface area contributed by atoms with Gasteiger partial charge in [-0.1, -0.05) is 0 Å². The Hall–Kier alpha value is -0.940. The number of ketones is 1. The Morgan fingerprint density at radius 1 is 1.00 bits per heavy atom. The van der Waals surface area contributed by atoms with Crippen molar-refractivity contribution in [3.8, 4) is 0 Å². The highest BCUT2D eigenvalue weighted by atomic mass is 16.5. The molecular formula is C11H21NO4. The van der Waals surface area contributed by atoms with Gasteiger partial charge >= 0.3 is 0 Å². The number of carbonyl (C=O) groups excluding carboxylic acids is 2. The van der Waals surface area contributed by atoms with Crippen molar-refractivity contribution in [3.63, 3.8) is 0 Å². The van der Waals surface area contributed by atoms with E-state index in [2.05, 4.69) is 0 Å². The average molecular weight is 231 g/mol. The van der Waals surface area contributed by atoms with Crippen molar-refractivity contribution >= 4 is 11.7 Å². The fourth-order valence-electron chi connectivity index (χ4n) is 1.21. The standard InChI is InChI=1S/C11H21NO4/c1-10(13)4-5-11(14)12(6-8-15-2)7-9-16-3/h4-9H2,1-3H3. The first kappa shape index (κ1) is 15.1. The number of methoxy groups -OCH3 is 2. The van der Waals surface area contributed by atoms with Crippen LogP contribution in [-0.4, -0.2) is 57.1 Å². The summed E-state index contributed by atoms with van der Waals surface area (Å²) in [5.41, 5.74) is 0. The largest absolute Gasteiger partial charge is 0.383 e. The van der Waals surface area contributed by atoms with Gasteiger partial charge in [0.25, 0.3) is 0 Å². The van der Waals surface area contributed by atoms with Crippen LogP contribution in [0.25, 0.3) is 0 Å². The zero-order chi connectivity index (χ0) is 12.4. The highest BCUT2D eigenvalue weighted by Gasteiger charge is 2.13. The second-order valence-corrected chi connectivity index (χ2v) is 3.57. The maximum Gasteiger partial charge on any atom is 0.223 e. The number of amides is 1. The quantitative estimate of drug-likeness (QED) is 0.579. The van der Waals surface area contributed by atoms with Gasteiger partial charge in [-0.15, -0.1) is 0 Å². The van der Waals surface area contributed by atoms with Crippen LogP contribution in [-0.2, 0) is 19.1 Å². The summed E-state index contributed by atoms with van der Waals surface area (Å²) in [4.78, 5) is 24.2. The van der Waals surface area contributed by atoms with Crippen LogP contribution in [0.1, 0.15) is 19.8 Å². The molecule has 0 saturated heterocycles. The molecule has 0 rings (SSSR count). The van der Waals surface area contributed by atoms with Crippen molar-refractivity contribution in [1.29, 1.82) is 0 Å². The van der Waals surface area contributed by atoms with E-state index in [0.29, 0.717) is 32.7 Å². The van der Waals surface area contributed by atoms with Gasteiger partial charge in [0.2, 0.25) is 5.91 Å². The predicted molar refractivity (Wildman–Crippen MR) is 60.2 cm³/mol. The Balaban J connectivity index is 4.03. The summed E-state index contributed by atoms with van der Waals surface area (Å²) < 4.78 is 9.85. The number of hydrogen-bond acceptors (Lipinski definition) is 4. The molecule has 0 saturated carbocycles. The van der Waals surface area contributed by atoms with E-state index < -0.39 is 0 Å². The van der Waals surface area contributed by atoms with E-state index in [-0.39, 0.29) is 18.1 Å². The first-order valence-corrected chi connectivity index (χ1v) is 5.37. The lowest BCUT2D eigenvalue weighted by Gasteiger charge is -2.21. The molecule has 0 spiro atoms. The minimum absolute atomic E-state index is 0.0238. The topological polar surface area (TPSA) is 55.8 Å². The molecule has 1 amide bonds. The second-order valence-electron chi connectivity index (χ2n) is 3.57. The molecule has 0 aromatic carbocycles. The molecule has 0 N–H and O–H groups in total. The molecule has 0 aliphatic heterocycles. The summed E-state index contributed by atoms with van der Waals surface area (Å²) in [5, 5.41) is 0. The average Bonchev–Trinajstić information content (AvgIpc) is 2.26. The number of Topliss-reactive ketones (excluding diaryl/α,β-unsaturated/α-hetero) is 1. The lowest BCUT2D eigenvalue weighted by Crippen LogP contribution is -2.36. The molecule has 16 heavy (non-hydrogen) atoms. The van der Waals surface area contributed by atoms with Crippen LogP contribution in [0.2, 0.25) is 0 Å². The normalized spacial score (nSPS) is 10.2. The van der Waals surface area contributed by atoms with Gasteiger partial charge in [-0.05, 0) is 6.92 Å². The summed E-state index contributed by atoms with van der Waals surface area (Å²) in [7, 11) is 3.18. The van der Waals surface area contributed by atoms with Crippen LogP contribution in [0, 0.1) is 0 Å². The number of hydrogen-bond donors (Lipinski definition) is 0. The van der Waals surface area contributed by atoms with E-state index >= 15 is 0 Å². The molecule has 0 fully saturated rings. The fraction of sp³-hybridized carbons (Fsp3) is 0.818. The van der Waals surface area contributed by atoms with E-state index in [9.17, 15) is 9.59 Å². The van der Waals surface area contributed by atoms with Gasteiger partial charge in [0.1, 0.15) is 5.78 Å². The molecule has 0 aliphatic carbocycles. The van der Waals surface area contributed by atoms with Crippen molar-refractivity contribution in [2.75, 3.05) is 40.5 Å². The molecule has 0 bridgehead atoms. The second kappa shape index (κ2) is 9.30. The maximum absolute atomic E-state index is 11.7. The minimum atomic E-state index is -0.0238. The van der Waals surface area contributed by atoms with Gasteiger partial charge in [-0.25, -0.2) is 0 Å². The van der Waals surface area contributed by atoms with E-state index in [1.807, 2.05) is 0 Å². The summed E-state index contributed by atoms with van der Waals surface area (Å²) in [5.74, 6) is 0.0103. The molecule has 0 radical (unpaired) electrons. The third kappa shape index (κ3) is 7.36. The molecule has 0 heterocycles. The molecule has 0 atom stereocenters. The van der Waals surface area contributed by atoms with Gasteiger partial charge < -0.3 is 19.2 Å². The molecule has 0 aromatic heterocycles. The highest BCUT2D eigenvalue weighted by molar-refractivity contribution is 5.83. The fourth-order valence-corrected chi connectivity index (χ4v) is 1.21. The number of ether oxygens (including phenoxy) is 2. The molecule has 0 unspecified atom stereocenters. The van der Waals surface area contributed by atoms with Crippen LogP contribution in [0.15, 0.2) is 0 Å². The highest BCUT2D eigenvalue weighted by Crippen LogP contribution is 1.99. The Kier molecular flexibility index (Phi) is 8.75. The SMILES string of the molecule is COCCN(CCOC)C(=O)CCC(C)=O. The molecule has 0 aliphatic rings. The van der Waals surface area contributed by atoms with Gasteiger partial charge in [0.05, 0.1) is 13.2 Å². The molecule has 5 nitrogen and oxygen atoms in total. The third-order valence-corrected chi connectivity index (χ3v) is 2.17. The van der Waals surface area contributed by atoms with Crippen LogP contribution < -0.4 is 0 Å². The summed E-state index contributed by atoms with van der Waals surface area (Å²) in [6.07, 6.45) is 0.568. The smallest absolute Gasteiger partial charge is 0.223 e. The number of nitrogens with zero attached hydrogens (tertiary/aromatic N) is 1. The van der Waals surface area contributed by atoms with Crippen molar-refractivity contribution < 1.29 is 19.1 Å². The lowest BCUT2D eigenvalue weighted by atomic mass is 10.2. The van der Waals surface area contributed by atoms with Crippen molar-refractivity contribution in [3.05, 3.63) is 0 Å². The molecular weight excluding hydrogens is 210 g/mol. The Morgan fingerprint density at radius 2 is 1.50 bits per heavy atom. The third-order valence-electron chi connectivity index (χ3n) is 2.17. The number of carbonyl (C=O) groups is 2. The summed E-state index contributed by atoms with van der Waals surface area (Å²) in [6, 6.07) is 0. The van der Waals surface area contributed by atoms with Crippen LogP contribution >= 0.6 is 0 Å². The van der Waals surface area contributed by atoms with Gasteiger partial charge in [-0.3, -0.25) is 4.79 Å². The first-order chi connectivity index (χ1) is 7.61. The van der Waals surface area contributed by atoms with Gasteiger partial charge in [0, 0.05) is 40.2 Å². The van der Waals surface area contributed by atoms with Gasteiger partial charge in [-0.2, -0.15) is 0 Å². The summed E-state index contributed by atoms with van der Waals surface area (Å²) >= 11 is 0. The van der Waals surface area contributed by atoms with E-state index in [1.165, 1.54) is 6.92 Å². The van der Waals surface area contributed by atoms with Gasteiger partial charge in [0.15, 0.2) is 0 Å². The summed E-state index contributed by atoms with van der Waals surface area (Å²) in [6.45, 7) is 3.56. The maximum atomic E-state index is 11.7. The van der Waals surface area contributed by atoms with E-state index in [0.717, 1.165) is 0 Å². The van der Waals surface area contributed by atoms with Crippen molar-refractivity contribution in [2.24, 2.45) is 0 Å². The monoisotopic (exact) mass is 231 g/mol. The number of rotatable bonds is 9. The lowest BCUT2D eigenvalue weighted by molar-refractivity contribution is -0.134. The molecule has 5 heteroatoms. The van der Waals surface area contributed by atoms with E-state index in [4.69, 9.17) is 9.47 Å². The van der Waals surface area contributed by atoms with Crippen molar-refractivity contribution in [2.45, 2.75) is 19.8 Å². The zero-order valence-corrected chi connectivity index (χ0v) is 10.3. The van der Waals surface area contributed by atoms with Crippen LogP contribution in [0.5, 0.6) is 0 Å². The molecule has 94 valence electrons. The first-order valence-electron chi connectivity index (χ1n) is 5.37. The minimum Gasteiger partial charge on any atom is -0.383 e. The Labute approximate surface area is 96.7 Å². The van der Waals surface area contributed by atoms with Crippen LogP contribution in [0.3, 0.4) is 0 Å². The predicted octanol–water partition coefficient (Wildman–Crippen LogP) is 0.477. The zero-order valence-electron chi connectivity index (χ0n) is 10.3. The Morgan fingerprint density at radius 3 is 1.88 bits per heavy atom. The van der Waals surface area contributed by atoms with E-state index in [1.54, 1.807) is 19.1 Å². The Bertz CT molecular complexity index is 210. The van der Waals surface area contributed by atoms with Crippen LogP contribution in [0.4, 0.5) is 0 Å². The van der Waals surface area contributed by atoms with Crippen molar-refractivity contribution in [1.82, 2.24) is 4.90 Å².